The summed E-state index contributed by atoms with van der Waals surface area (Å²) in [7, 11) is 0. The molecule has 0 aromatic heterocycles. The third kappa shape index (κ3) is 6.66. The summed E-state index contributed by atoms with van der Waals surface area (Å²) >= 11 is 0. The minimum absolute atomic E-state index is 0.0941. The lowest BCUT2D eigenvalue weighted by Gasteiger charge is -2.29. The van der Waals surface area contributed by atoms with E-state index in [1.165, 1.54) is 0 Å². The number of carbonyl (C=O) groups is 2. The molecular weight excluding hydrogens is 532 g/mol. The van der Waals surface area contributed by atoms with E-state index in [0.717, 1.165) is 36.3 Å². The molecule has 8 nitrogen and oxygen atoms in total. The second kappa shape index (κ2) is 13.7. The topological polar surface area (TPSA) is 88.5 Å². The van der Waals surface area contributed by atoms with Crippen LogP contribution in [0.15, 0.2) is 78.4 Å². The lowest BCUT2D eigenvalue weighted by Crippen LogP contribution is -2.38. The fourth-order valence-corrected chi connectivity index (χ4v) is 5.54. The fourth-order valence-electron chi connectivity index (χ4n) is 5.54. The van der Waals surface area contributed by atoms with Crippen molar-refractivity contribution >= 4 is 17.4 Å². The molecule has 1 amide bonds. The number of likely N-dealkylation sites (tertiary alicyclic amines) is 1. The zero-order valence-corrected chi connectivity index (χ0v) is 24.3. The molecule has 5 rings (SSSR count). The lowest BCUT2D eigenvalue weighted by molar-refractivity contribution is -0.140. The SMILES string of the molecule is CCOc1ccc([C@@H]2C(=C(O)c3ccc(OCc4ccccc4)cc3C)C(=O)C(=O)N2CCCN2CCOCC2)cc1. The van der Waals surface area contributed by atoms with Gasteiger partial charge in [0.1, 0.15) is 23.9 Å². The van der Waals surface area contributed by atoms with Gasteiger partial charge in [-0.15, -0.1) is 0 Å². The first-order chi connectivity index (χ1) is 20.5. The van der Waals surface area contributed by atoms with Crippen LogP contribution in [-0.2, 0) is 20.9 Å². The van der Waals surface area contributed by atoms with Gasteiger partial charge in [-0.3, -0.25) is 14.5 Å². The van der Waals surface area contributed by atoms with Crippen LogP contribution in [0.3, 0.4) is 0 Å². The lowest BCUT2D eigenvalue weighted by atomic mass is 9.93. The van der Waals surface area contributed by atoms with Crippen LogP contribution in [0.1, 0.15) is 41.6 Å². The van der Waals surface area contributed by atoms with E-state index in [-0.39, 0.29) is 11.3 Å². The number of benzene rings is 3. The van der Waals surface area contributed by atoms with Crippen LogP contribution in [-0.4, -0.2) is 72.6 Å². The summed E-state index contributed by atoms with van der Waals surface area (Å²) in [6, 6.07) is 21.9. The summed E-state index contributed by atoms with van der Waals surface area (Å²) in [5.41, 5.74) is 3.11. The molecule has 3 aromatic carbocycles. The normalized spacial score (nSPS) is 18.8. The van der Waals surface area contributed by atoms with Crippen molar-refractivity contribution < 1.29 is 28.9 Å². The number of rotatable bonds is 11. The van der Waals surface area contributed by atoms with E-state index in [4.69, 9.17) is 14.2 Å². The average Bonchev–Trinajstić information content (AvgIpc) is 3.26. The van der Waals surface area contributed by atoms with E-state index in [1.807, 2.05) is 74.5 Å². The van der Waals surface area contributed by atoms with E-state index in [0.29, 0.717) is 56.5 Å². The summed E-state index contributed by atoms with van der Waals surface area (Å²) in [6.07, 6.45) is 0.701. The van der Waals surface area contributed by atoms with Gasteiger partial charge in [0.15, 0.2) is 0 Å². The number of ketones is 1. The number of amides is 1. The maximum absolute atomic E-state index is 13.5. The highest BCUT2D eigenvalue weighted by atomic mass is 16.5. The summed E-state index contributed by atoms with van der Waals surface area (Å²) in [5.74, 6) is -0.110. The van der Waals surface area contributed by atoms with Crippen molar-refractivity contribution in [3.63, 3.8) is 0 Å². The fraction of sp³-hybridized carbons (Fsp3) is 0.353. The first kappa shape index (κ1) is 29.4. The quantitative estimate of drug-likeness (QED) is 0.195. The Morgan fingerprint density at radius 2 is 1.64 bits per heavy atom. The molecule has 2 aliphatic heterocycles. The third-order valence-corrected chi connectivity index (χ3v) is 7.73. The number of ether oxygens (including phenoxy) is 3. The zero-order valence-electron chi connectivity index (χ0n) is 24.3. The van der Waals surface area contributed by atoms with Crippen molar-refractivity contribution in [3.05, 3.63) is 101 Å². The Morgan fingerprint density at radius 1 is 0.929 bits per heavy atom. The first-order valence-corrected chi connectivity index (χ1v) is 14.5. The zero-order chi connectivity index (χ0) is 29.5. The molecule has 2 fully saturated rings. The number of carbonyl (C=O) groups excluding carboxylic acids is 2. The average molecular weight is 571 g/mol. The monoisotopic (exact) mass is 570 g/mol. The highest BCUT2D eigenvalue weighted by Gasteiger charge is 2.46. The molecule has 2 aliphatic rings. The minimum Gasteiger partial charge on any atom is -0.507 e. The Kier molecular flexibility index (Phi) is 9.56. The highest BCUT2D eigenvalue weighted by Crippen LogP contribution is 2.40. The summed E-state index contributed by atoms with van der Waals surface area (Å²) in [6.45, 7) is 9.01. The third-order valence-electron chi connectivity index (χ3n) is 7.73. The smallest absolute Gasteiger partial charge is 0.295 e. The van der Waals surface area contributed by atoms with Crippen LogP contribution >= 0.6 is 0 Å². The van der Waals surface area contributed by atoms with Gasteiger partial charge in [0.2, 0.25) is 0 Å². The molecule has 0 spiro atoms. The number of aryl methyl sites for hydroxylation is 1. The van der Waals surface area contributed by atoms with Gasteiger partial charge in [0, 0.05) is 31.7 Å². The van der Waals surface area contributed by atoms with Crippen LogP contribution < -0.4 is 9.47 Å². The van der Waals surface area contributed by atoms with E-state index in [2.05, 4.69) is 4.90 Å². The second-order valence-corrected chi connectivity index (χ2v) is 10.6. The van der Waals surface area contributed by atoms with E-state index in [9.17, 15) is 14.7 Å². The van der Waals surface area contributed by atoms with E-state index < -0.39 is 17.7 Å². The van der Waals surface area contributed by atoms with Crippen LogP contribution in [0.25, 0.3) is 5.76 Å². The van der Waals surface area contributed by atoms with Crippen LogP contribution in [0.4, 0.5) is 0 Å². The van der Waals surface area contributed by atoms with Crippen molar-refractivity contribution in [2.45, 2.75) is 32.9 Å². The molecule has 0 saturated carbocycles. The summed E-state index contributed by atoms with van der Waals surface area (Å²) in [4.78, 5) is 30.8. The van der Waals surface area contributed by atoms with Gasteiger partial charge < -0.3 is 24.2 Å². The maximum Gasteiger partial charge on any atom is 0.295 e. The summed E-state index contributed by atoms with van der Waals surface area (Å²) < 4.78 is 17.0. The maximum atomic E-state index is 13.5. The molecule has 0 bridgehead atoms. The molecule has 1 N–H and O–H groups in total. The molecule has 1 atom stereocenters. The second-order valence-electron chi connectivity index (χ2n) is 10.6. The van der Waals surface area contributed by atoms with Crippen molar-refractivity contribution in [1.82, 2.24) is 9.80 Å². The van der Waals surface area contributed by atoms with E-state index >= 15 is 0 Å². The van der Waals surface area contributed by atoms with Crippen LogP contribution in [0.5, 0.6) is 11.5 Å². The largest absolute Gasteiger partial charge is 0.507 e. The Balaban J connectivity index is 1.43. The molecule has 2 heterocycles. The molecule has 0 aliphatic carbocycles. The van der Waals surface area contributed by atoms with E-state index in [1.54, 1.807) is 17.0 Å². The first-order valence-electron chi connectivity index (χ1n) is 14.5. The molecule has 3 aromatic rings. The minimum atomic E-state index is -0.709. The van der Waals surface area contributed by atoms with Gasteiger partial charge in [-0.05, 0) is 67.3 Å². The van der Waals surface area contributed by atoms with Crippen molar-refractivity contribution in [1.29, 1.82) is 0 Å². The highest BCUT2D eigenvalue weighted by molar-refractivity contribution is 6.46. The molecule has 0 unspecified atom stereocenters. The number of aliphatic hydroxyl groups excluding tert-OH is 1. The molecule has 0 radical (unpaired) electrons. The standard InChI is InChI=1S/C34H38N2O6/c1-3-41-27-12-10-26(11-13-27)31-30(33(38)34(39)36(31)17-7-16-35-18-20-40-21-19-35)32(37)29-15-14-28(22-24(29)2)42-23-25-8-5-4-6-9-25/h4-6,8-15,22,31,37H,3,7,16-21,23H2,1-2H3/t31-/m1/s1. The predicted molar refractivity (Wildman–Crippen MR) is 160 cm³/mol. The Morgan fingerprint density at radius 3 is 2.33 bits per heavy atom. The number of nitrogens with zero attached hydrogens (tertiary/aromatic N) is 2. The number of aliphatic hydroxyl groups is 1. The van der Waals surface area contributed by atoms with Gasteiger partial charge in [0.05, 0.1) is 31.4 Å². The molecule has 8 heteroatoms. The number of morpholine rings is 1. The van der Waals surface area contributed by atoms with Crippen molar-refractivity contribution in [3.8, 4) is 11.5 Å². The molecule has 2 saturated heterocycles. The predicted octanol–water partition coefficient (Wildman–Crippen LogP) is 5.12. The van der Waals surface area contributed by atoms with Crippen LogP contribution in [0.2, 0.25) is 0 Å². The number of hydrogen-bond donors (Lipinski definition) is 1. The Hall–Kier alpha value is -4.14. The van der Waals surface area contributed by atoms with Gasteiger partial charge in [0.25, 0.3) is 11.7 Å². The Bertz CT molecular complexity index is 1410. The van der Waals surface area contributed by atoms with Crippen LogP contribution in [0, 0.1) is 6.92 Å². The van der Waals surface area contributed by atoms with Gasteiger partial charge in [-0.25, -0.2) is 0 Å². The molecular formula is C34H38N2O6. The van der Waals surface area contributed by atoms with Crippen molar-refractivity contribution in [2.75, 3.05) is 46.0 Å². The number of Topliss-reactive ketones (excluding diaryl/α,β-unsaturated/α-hetero) is 1. The summed E-state index contributed by atoms with van der Waals surface area (Å²) in [5, 5.41) is 11.6. The van der Waals surface area contributed by atoms with Crippen molar-refractivity contribution in [2.24, 2.45) is 0 Å². The van der Waals surface area contributed by atoms with Gasteiger partial charge in [-0.2, -0.15) is 0 Å². The van der Waals surface area contributed by atoms with Gasteiger partial charge >= 0.3 is 0 Å². The Labute approximate surface area is 247 Å². The molecule has 42 heavy (non-hydrogen) atoms. The number of hydrogen-bond acceptors (Lipinski definition) is 7. The molecule has 220 valence electrons. The van der Waals surface area contributed by atoms with Gasteiger partial charge in [-0.1, -0.05) is 42.5 Å².